The Bertz CT molecular complexity index is 947. The van der Waals surface area contributed by atoms with Crippen LogP contribution in [0.3, 0.4) is 0 Å². The molecule has 1 unspecified atom stereocenters. The number of nitrogens with zero attached hydrogens (tertiary/aromatic N) is 3. The third-order valence-electron chi connectivity index (χ3n) is 4.62. The van der Waals surface area contributed by atoms with Gasteiger partial charge < -0.3 is 9.84 Å². The number of aryl methyl sites for hydroxylation is 1. The number of rotatable bonds is 4. The number of carbonyl (C=O) groups excluding carboxylic acids is 1. The van der Waals surface area contributed by atoms with Crippen LogP contribution in [0.2, 0.25) is 0 Å². The summed E-state index contributed by atoms with van der Waals surface area (Å²) in [5.41, 5.74) is 2.04. The number of halogens is 1. The van der Waals surface area contributed by atoms with Gasteiger partial charge in [-0.05, 0) is 36.5 Å². The van der Waals surface area contributed by atoms with Crippen molar-refractivity contribution in [1.82, 2.24) is 14.9 Å². The van der Waals surface area contributed by atoms with Crippen molar-refractivity contribution in [3.63, 3.8) is 0 Å². The van der Waals surface area contributed by atoms with E-state index in [9.17, 15) is 9.18 Å². The third kappa shape index (κ3) is 3.37. The molecule has 26 heavy (non-hydrogen) atoms. The average molecular weight is 354 g/mol. The molecular formula is C19H19FN4O2. The minimum atomic E-state index is -0.319. The fourth-order valence-electron chi connectivity index (χ4n) is 3.27. The van der Waals surface area contributed by atoms with Crippen LogP contribution >= 0.6 is 0 Å². The van der Waals surface area contributed by atoms with Crippen LogP contribution < -0.4 is 5.32 Å². The average Bonchev–Trinajstić information content (AvgIpc) is 3.21. The van der Waals surface area contributed by atoms with E-state index in [0.29, 0.717) is 24.0 Å². The van der Waals surface area contributed by atoms with Crippen molar-refractivity contribution >= 4 is 11.7 Å². The van der Waals surface area contributed by atoms with Crippen molar-refractivity contribution < 1.29 is 13.7 Å². The van der Waals surface area contributed by atoms with Gasteiger partial charge in [0.05, 0.1) is 6.54 Å². The first-order chi connectivity index (χ1) is 12.6. The Kier molecular flexibility index (Phi) is 4.28. The first-order valence-corrected chi connectivity index (χ1v) is 8.65. The van der Waals surface area contributed by atoms with Gasteiger partial charge in [-0.25, -0.2) is 4.39 Å². The summed E-state index contributed by atoms with van der Waals surface area (Å²) < 4.78 is 20.2. The molecule has 3 aromatic rings. The summed E-state index contributed by atoms with van der Waals surface area (Å²) in [6.45, 7) is 2.58. The number of fused-ring (bicyclic) bond motifs is 1. The van der Waals surface area contributed by atoms with E-state index < -0.39 is 0 Å². The molecule has 0 fully saturated rings. The Morgan fingerprint density at radius 1 is 1.42 bits per heavy atom. The molecule has 0 bridgehead atoms. The zero-order chi connectivity index (χ0) is 18.1. The van der Waals surface area contributed by atoms with Gasteiger partial charge in [-0.15, -0.1) is 0 Å². The molecule has 2 aromatic heterocycles. The summed E-state index contributed by atoms with van der Waals surface area (Å²) in [6.07, 6.45) is 4.41. The summed E-state index contributed by atoms with van der Waals surface area (Å²) in [5, 5.41) is 11.0. The fraction of sp³-hybridized carbons (Fsp3) is 0.316. The molecule has 0 radical (unpaired) electrons. The molecule has 6 nitrogen and oxygen atoms in total. The smallest absolute Gasteiger partial charge is 0.279 e. The molecule has 1 aliphatic carbocycles. The Morgan fingerprint density at radius 3 is 3.15 bits per heavy atom. The van der Waals surface area contributed by atoms with Crippen LogP contribution in [-0.2, 0) is 19.4 Å². The highest BCUT2D eigenvalue weighted by Gasteiger charge is 2.27. The zero-order valence-electron chi connectivity index (χ0n) is 14.4. The molecule has 0 aliphatic heterocycles. The lowest BCUT2D eigenvalue weighted by Gasteiger charge is -2.16. The number of aromatic nitrogens is 3. The molecule has 134 valence electrons. The first-order valence-electron chi connectivity index (χ1n) is 8.65. The molecule has 0 spiro atoms. The van der Waals surface area contributed by atoms with E-state index in [1.165, 1.54) is 12.1 Å². The van der Waals surface area contributed by atoms with Gasteiger partial charge in [0.2, 0.25) is 0 Å². The summed E-state index contributed by atoms with van der Waals surface area (Å²) in [6, 6.07) is 8.05. The number of hydrogen-bond donors (Lipinski definition) is 1. The molecule has 0 saturated heterocycles. The summed E-state index contributed by atoms with van der Waals surface area (Å²) in [4.78, 5) is 12.5. The Hall–Kier alpha value is -2.96. The molecule has 1 aromatic carbocycles. The van der Waals surface area contributed by atoms with Crippen LogP contribution in [0.4, 0.5) is 10.2 Å². The van der Waals surface area contributed by atoms with E-state index >= 15 is 0 Å². The normalized spacial score (nSPS) is 16.3. The first kappa shape index (κ1) is 16.5. The van der Waals surface area contributed by atoms with E-state index in [4.69, 9.17) is 4.52 Å². The topological polar surface area (TPSA) is 73.0 Å². The van der Waals surface area contributed by atoms with Crippen LogP contribution in [0.15, 0.2) is 41.1 Å². The maximum atomic E-state index is 13.3. The Balaban J connectivity index is 1.46. The highest BCUT2D eigenvalue weighted by Crippen LogP contribution is 2.28. The largest absolute Gasteiger partial charge is 0.360 e. The maximum absolute atomic E-state index is 13.3. The van der Waals surface area contributed by atoms with Crippen molar-refractivity contribution in [2.45, 2.75) is 32.7 Å². The second-order valence-electron chi connectivity index (χ2n) is 6.76. The van der Waals surface area contributed by atoms with E-state index in [0.717, 1.165) is 36.1 Å². The number of anilines is 1. The van der Waals surface area contributed by atoms with Crippen molar-refractivity contribution in [2.75, 3.05) is 5.32 Å². The van der Waals surface area contributed by atoms with E-state index in [1.807, 2.05) is 6.07 Å². The van der Waals surface area contributed by atoms with Crippen LogP contribution in [-0.4, -0.2) is 20.8 Å². The van der Waals surface area contributed by atoms with Gasteiger partial charge >= 0.3 is 0 Å². The second kappa shape index (κ2) is 6.74. The predicted octanol–water partition coefficient (Wildman–Crippen LogP) is 3.44. The van der Waals surface area contributed by atoms with Crippen molar-refractivity contribution in [3.05, 3.63) is 64.9 Å². The highest BCUT2D eigenvalue weighted by molar-refractivity contribution is 6.03. The third-order valence-corrected chi connectivity index (χ3v) is 4.62. The summed E-state index contributed by atoms with van der Waals surface area (Å²) in [5.74, 6) is 1.14. The van der Waals surface area contributed by atoms with Gasteiger partial charge in [0.25, 0.3) is 5.91 Å². The molecule has 0 saturated carbocycles. The molecule has 1 atom stereocenters. The number of benzene rings is 1. The Morgan fingerprint density at radius 2 is 2.31 bits per heavy atom. The standard InChI is InChI=1S/C19H19FN4O2/c1-12-5-6-16-15(9-12)18(23-26-16)19(25)21-17-7-8-24(22-17)11-13-3-2-4-14(20)10-13/h2-4,7-8,10,12H,5-6,9,11H2,1H3,(H,21,22,25). The fourth-order valence-corrected chi connectivity index (χ4v) is 3.27. The maximum Gasteiger partial charge on any atom is 0.279 e. The van der Waals surface area contributed by atoms with Crippen LogP contribution in [0.25, 0.3) is 0 Å². The molecular weight excluding hydrogens is 335 g/mol. The monoisotopic (exact) mass is 354 g/mol. The van der Waals surface area contributed by atoms with Crippen LogP contribution in [0.1, 0.15) is 40.7 Å². The highest BCUT2D eigenvalue weighted by atomic mass is 19.1. The number of carbonyl (C=O) groups is 1. The van der Waals surface area contributed by atoms with E-state index in [2.05, 4.69) is 22.5 Å². The molecule has 1 amide bonds. The molecule has 4 rings (SSSR count). The van der Waals surface area contributed by atoms with Crippen molar-refractivity contribution in [2.24, 2.45) is 5.92 Å². The summed E-state index contributed by atoms with van der Waals surface area (Å²) in [7, 11) is 0. The second-order valence-corrected chi connectivity index (χ2v) is 6.76. The zero-order valence-corrected chi connectivity index (χ0v) is 14.4. The van der Waals surface area contributed by atoms with Crippen molar-refractivity contribution in [3.8, 4) is 0 Å². The van der Waals surface area contributed by atoms with Gasteiger partial charge in [0.15, 0.2) is 11.5 Å². The molecule has 2 heterocycles. The molecule has 1 aliphatic rings. The minimum absolute atomic E-state index is 0.284. The lowest BCUT2D eigenvalue weighted by atomic mass is 9.88. The van der Waals surface area contributed by atoms with Crippen molar-refractivity contribution in [1.29, 1.82) is 0 Å². The van der Waals surface area contributed by atoms with Crippen LogP contribution in [0, 0.1) is 11.7 Å². The quantitative estimate of drug-likeness (QED) is 0.779. The lowest BCUT2D eigenvalue weighted by molar-refractivity contribution is 0.101. The van der Waals surface area contributed by atoms with Gasteiger partial charge in [0.1, 0.15) is 11.6 Å². The van der Waals surface area contributed by atoms with Gasteiger partial charge in [0, 0.05) is 24.2 Å². The van der Waals surface area contributed by atoms with Gasteiger partial charge in [-0.2, -0.15) is 5.10 Å². The SMILES string of the molecule is CC1CCc2onc(C(=O)Nc3ccn(Cc4cccc(F)c4)n3)c2C1. The van der Waals surface area contributed by atoms with Crippen LogP contribution in [0.5, 0.6) is 0 Å². The Labute approximate surface area is 150 Å². The minimum Gasteiger partial charge on any atom is -0.360 e. The predicted molar refractivity (Wildman–Crippen MR) is 93.4 cm³/mol. The summed E-state index contributed by atoms with van der Waals surface area (Å²) >= 11 is 0. The molecule has 7 heteroatoms. The van der Waals surface area contributed by atoms with Gasteiger partial charge in [-0.1, -0.05) is 24.2 Å². The number of nitrogens with one attached hydrogen (secondary N) is 1. The van der Waals surface area contributed by atoms with E-state index in [1.54, 1.807) is 23.0 Å². The molecule has 1 N–H and O–H groups in total. The van der Waals surface area contributed by atoms with E-state index in [-0.39, 0.29) is 11.7 Å². The lowest BCUT2D eigenvalue weighted by Crippen LogP contribution is -2.18. The number of hydrogen-bond acceptors (Lipinski definition) is 4. The van der Waals surface area contributed by atoms with Gasteiger partial charge in [-0.3, -0.25) is 9.48 Å². The number of amides is 1.